The molecule has 0 saturated carbocycles. The Morgan fingerprint density at radius 1 is 1.29 bits per heavy atom. The molecule has 35 heavy (non-hydrogen) atoms. The molecule has 3 rings (SSSR count). The molecule has 0 radical (unpaired) electrons. The van der Waals surface area contributed by atoms with Crippen molar-refractivity contribution in [2.24, 2.45) is 23.2 Å². The van der Waals surface area contributed by atoms with E-state index in [1.807, 2.05) is 32.2 Å². The van der Waals surface area contributed by atoms with Crippen molar-refractivity contribution in [2.45, 2.75) is 98.1 Å². The van der Waals surface area contributed by atoms with Gasteiger partial charge in [0.25, 0.3) is 0 Å². The molecular formula is C27H38N2O5S. The average Bonchev–Trinajstić information content (AvgIpc) is 3.42. The minimum Gasteiger partial charge on any atom is -0.458 e. The number of ketones is 1. The van der Waals surface area contributed by atoms with E-state index in [1.165, 1.54) is 0 Å². The normalized spacial score (nSPS) is 35.0. The second-order valence-electron chi connectivity index (χ2n) is 10.8. The van der Waals surface area contributed by atoms with Gasteiger partial charge in [-0.1, -0.05) is 34.1 Å². The van der Waals surface area contributed by atoms with Gasteiger partial charge in [-0.3, -0.25) is 9.59 Å². The van der Waals surface area contributed by atoms with Gasteiger partial charge in [0.1, 0.15) is 11.9 Å². The highest BCUT2D eigenvalue weighted by molar-refractivity contribution is 7.09. The highest BCUT2D eigenvalue weighted by Gasteiger charge is 2.45. The molecule has 7 atom stereocenters. The van der Waals surface area contributed by atoms with Crippen LogP contribution in [-0.4, -0.2) is 46.3 Å². The maximum absolute atomic E-state index is 13.3. The Morgan fingerprint density at radius 3 is 2.63 bits per heavy atom. The van der Waals surface area contributed by atoms with E-state index in [-0.39, 0.29) is 30.3 Å². The molecule has 2 fully saturated rings. The molecule has 1 aromatic heterocycles. The van der Waals surface area contributed by atoms with Gasteiger partial charge in [0.05, 0.1) is 47.4 Å². The number of carbonyl (C=O) groups is 2. The number of aliphatic hydroxyl groups is 1. The zero-order chi connectivity index (χ0) is 25.9. The number of nitrogens with zero attached hydrogens (tertiary/aromatic N) is 2. The first-order valence-corrected chi connectivity index (χ1v) is 13.4. The summed E-state index contributed by atoms with van der Waals surface area (Å²) >= 11 is 1.56. The molecule has 2 aliphatic heterocycles. The van der Waals surface area contributed by atoms with Crippen molar-refractivity contribution >= 4 is 29.2 Å². The summed E-state index contributed by atoms with van der Waals surface area (Å²) in [7, 11) is 0. The largest absolute Gasteiger partial charge is 0.458 e. The summed E-state index contributed by atoms with van der Waals surface area (Å²) in [5.41, 5.74) is 0.589. The topological polar surface area (TPSA) is 113 Å². The summed E-state index contributed by atoms with van der Waals surface area (Å²) < 4.78 is 11.8. The number of cyclic esters (lactones) is 1. The van der Waals surface area contributed by atoms with Crippen LogP contribution >= 0.6 is 11.3 Å². The molecule has 1 N–H and O–H groups in total. The van der Waals surface area contributed by atoms with E-state index in [4.69, 9.17) is 9.47 Å². The lowest BCUT2D eigenvalue weighted by Crippen LogP contribution is -2.43. The SMILES string of the molecule is CC(=Cc1csc(C)n1)C1CC2OC2CCCC(C)C(O)C(C)C(=O)C(C)(C)C(C#N)CC(=O)O1. The van der Waals surface area contributed by atoms with Gasteiger partial charge < -0.3 is 14.6 Å². The van der Waals surface area contributed by atoms with Crippen molar-refractivity contribution < 1.29 is 24.2 Å². The molecule has 8 heteroatoms. The van der Waals surface area contributed by atoms with Gasteiger partial charge in [-0.25, -0.2) is 4.98 Å². The number of Topliss-reactive ketones (excluding diaryl/α,β-unsaturated/α-hetero) is 1. The van der Waals surface area contributed by atoms with Crippen LogP contribution in [0.25, 0.3) is 6.08 Å². The number of hydrogen-bond donors (Lipinski definition) is 1. The van der Waals surface area contributed by atoms with E-state index in [2.05, 4.69) is 11.1 Å². The van der Waals surface area contributed by atoms with Crippen LogP contribution in [-0.2, 0) is 19.1 Å². The van der Waals surface area contributed by atoms with Gasteiger partial charge in [0.15, 0.2) is 0 Å². The van der Waals surface area contributed by atoms with Crippen molar-refractivity contribution in [1.29, 1.82) is 5.26 Å². The van der Waals surface area contributed by atoms with Crippen molar-refractivity contribution in [1.82, 2.24) is 4.98 Å². The van der Waals surface area contributed by atoms with Crippen LogP contribution in [0.4, 0.5) is 0 Å². The van der Waals surface area contributed by atoms with Crippen LogP contribution < -0.4 is 0 Å². The summed E-state index contributed by atoms with van der Waals surface area (Å²) in [6, 6.07) is 2.16. The summed E-state index contributed by atoms with van der Waals surface area (Å²) in [5, 5.41) is 23.6. The fraction of sp³-hybridized carbons (Fsp3) is 0.704. The fourth-order valence-electron chi connectivity index (χ4n) is 5.00. The summed E-state index contributed by atoms with van der Waals surface area (Å²) in [4.78, 5) is 30.8. The number of nitriles is 1. The number of esters is 1. The van der Waals surface area contributed by atoms with E-state index in [0.717, 1.165) is 35.5 Å². The summed E-state index contributed by atoms with van der Waals surface area (Å²) in [6.45, 7) is 10.9. The van der Waals surface area contributed by atoms with E-state index in [1.54, 1.807) is 32.1 Å². The number of epoxide rings is 1. The highest BCUT2D eigenvalue weighted by Crippen LogP contribution is 2.38. The highest BCUT2D eigenvalue weighted by atomic mass is 32.1. The van der Waals surface area contributed by atoms with Crippen LogP contribution in [0.5, 0.6) is 0 Å². The molecule has 7 unspecified atom stereocenters. The van der Waals surface area contributed by atoms with Crippen molar-refractivity contribution in [3.63, 3.8) is 0 Å². The van der Waals surface area contributed by atoms with Gasteiger partial charge in [-0.2, -0.15) is 5.26 Å². The lowest BCUT2D eigenvalue weighted by Gasteiger charge is -2.34. The number of fused-ring (bicyclic) bond motifs is 1. The van der Waals surface area contributed by atoms with Crippen molar-refractivity contribution in [2.75, 3.05) is 0 Å². The third kappa shape index (κ3) is 6.78. The van der Waals surface area contributed by atoms with Gasteiger partial charge in [-0.05, 0) is 44.3 Å². The zero-order valence-electron chi connectivity index (χ0n) is 21.6. The summed E-state index contributed by atoms with van der Waals surface area (Å²) in [5.74, 6) is -2.28. The first-order valence-electron chi connectivity index (χ1n) is 12.5. The number of rotatable bonds is 2. The molecule has 0 aromatic carbocycles. The maximum Gasteiger partial charge on any atom is 0.307 e. The Bertz CT molecular complexity index is 994. The van der Waals surface area contributed by atoms with Crippen molar-refractivity contribution in [3.8, 4) is 6.07 Å². The third-order valence-electron chi connectivity index (χ3n) is 7.62. The van der Waals surface area contributed by atoms with E-state index >= 15 is 0 Å². The van der Waals surface area contributed by atoms with E-state index in [0.29, 0.717) is 6.42 Å². The molecule has 0 amide bonds. The van der Waals surface area contributed by atoms with Crippen LogP contribution in [0.2, 0.25) is 0 Å². The number of thiazole rings is 1. The quantitative estimate of drug-likeness (QED) is 0.453. The smallest absolute Gasteiger partial charge is 0.307 e. The summed E-state index contributed by atoms with van der Waals surface area (Å²) in [6.07, 6.45) is 3.61. The maximum atomic E-state index is 13.3. The first-order chi connectivity index (χ1) is 16.4. The Kier molecular flexibility index (Phi) is 8.90. The van der Waals surface area contributed by atoms with Gasteiger partial charge in [0, 0.05) is 23.1 Å². The molecule has 0 spiro atoms. The molecule has 2 aliphatic rings. The Balaban J connectivity index is 1.85. The van der Waals surface area contributed by atoms with Crippen LogP contribution in [0, 0.1) is 41.4 Å². The second kappa shape index (κ2) is 11.3. The predicted octanol–water partition coefficient (Wildman–Crippen LogP) is 4.87. The molecule has 0 aliphatic carbocycles. The lowest BCUT2D eigenvalue weighted by molar-refractivity contribution is -0.150. The lowest BCUT2D eigenvalue weighted by atomic mass is 9.69. The van der Waals surface area contributed by atoms with Crippen molar-refractivity contribution in [3.05, 3.63) is 21.7 Å². The number of aliphatic hydroxyl groups excluding tert-OH is 1. The molecule has 0 bridgehead atoms. The number of hydrogen-bond acceptors (Lipinski definition) is 8. The van der Waals surface area contributed by atoms with E-state index in [9.17, 15) is 20.0 Å². The second-order valence-corrected chi connectivity index (χ2v) is 11.8. The molecular weight excluding hydrogens is 464 g/mol. The van der Waals surface area contributed by atoms with E-state index < -0.39 is 35.4 Å². The van der Waals surface area contributed by atoms with Gasteiger partial charge >= 0.3 is 5.97 Å². The predicted molar refractivity (Wildman–Crippen MR) is 134 cm³/mol. The number of aryl methyl sites for hydroxylation is 1. The van der Waals surface area contributed by atoms with Gasteiger partial charge in [0.2, 0.25) is 0 Å². The number of aromatic nitrogens is 1. The molecule has 2 saturated heterocycles. The van der Waals surface area contributed by atoms with Crippen LogP contribution in [0.3, 0.4) is 0 Å². The molecule has 3 heterocycles. The monoisotopic (exact) mass is 502 g/mol. The Labute approximate surface area is 212 Å². The number of carbonyl (C=O) groups excluding carboxylic acids is 2. The number of ether oxygens (including phenoxy) is 2. The molecule has 1 aromatic rings. The first kappa shape index (κ1) is 27.5. The standard InChI is InChI=1S/C27H38N2O5S/c1-15-8-7-9-21-23(33-21)12-22(16(2)10-20-14-35-18(4)29-20)34-24(30)11-19(13-28)27(5,6)26(32)17(3)25(15)31/h10,14-15,17,19,21-23,25,31H,7-9,11-12H2,1-6H3. The molecule has 192 valence electrons. The van der Waals surface area contributed by atoms with Crippen LogP contribution in [0.15, 0.2) is 11.0 Å². The minimum absolute atomic E-state index is 0.00478. The van der Waals surface area contributed by atoms with Crippen LogP contribution in [0.1, 0.15) is 77.4 Å². The third-order valence-corrected chi connectivity index (χ3v) is 8.41. The minimum atomic E-state index is -1.10. The Hall–Kier alpha value is -2.08. The molecule has 7 nitrogen and oxygen atoms in total. The Morgan fingerprint density at radius 2 is 2.00 bits per heavy atom. The fourth-order valence-corrected chi connectivity index (χ4v) is 5.57. The average molecular weight is 503 g/mol. The van der Waals surface area contributed by atoms with Gasteiger partial charge in [-0.15, -0.1) is 11.3 Å². The zero-order valence-corrected chi connectivity index (χ0v) is 22.4.